The summed E-state index contributed by atoms with van der Waals surface area (Å²) in [6, 6.07) is 18.6. The molecule has 2 aliphatic carbocycles. The van der Waals surface area contributed by atoms with Crippen molar-refractivity contribution >= 4 is 21.2 Å². The van der Waals surface area contributed by atoms with Gasteiger partial charge in [0.1, 0.15) is 0 Å². The van der Waals surface area contributed by atoms with E-state index in [-0.39, 0.29) is 5.75 Å². The molecule has 4 heteroatoms. The summed E-state index contributed by atoms with van der Waals surface area (Å²) >= 11 is 0. The summed E-state index contributed by atoms with van der Waals surface area (Å²) in [5.41, 5.74) is 6.60. The lowest BCUT2D eigenvalue weighted by Gasteiger charge is -2.23. The molecule has 0 aliphatic heterocycles. The van der Waals surface area contributed by atoms with E-state index in [1.807, 2.05) is 12.1 Å². The summed E-state index contributed by atoms with van der Waals surface area (Å²) in [6.45, 7) is 0. The first-order chi connectivity index (χ1) is 12.4. The van der Waals surface area contributed by atoms with E-state index < -0.39 is 10.0 Å². The Balaban J connectivity index is 1.71. The molecule has 0 bridgehead atoms. The summed E-state index contributed by atoms with van der Waals surface area (Å²) in [6.07, 6.45) is 7.59. The average Bonchev–Trinajstić information content (AvgIpc) is 3.23. The molecular weight excluding hydrogens is 342 g/mol. The van der Waals surface area contributed by atoms with Crippen molar-refractivity contribution < 1.29 is 8.42 Å². The molecule has 26 heavy (non-hydrogen) atoms. The van der Waals surface area contributed by atoms with Crippen LogP contribution in [0.3, 0.4) is 0 Å². The van der Waals surface area contributed by atoms with Crippen molar-refractivity contribution in [2.75, 3.05) is 0 Å². The topological polar surface area (TPSA) is 60.2 Å². The third kappa shape index (κ3) is 3.62. The highest BCUT2D eigenvalue weighted by molar-refractivity contribution is 7.88. The second-order valence-electron chi connectivity index (χ2n) is 7.89. The number of hydrogen-bond acceptors (Lipinski definition) is 2. The van der Waals surface area contributed by atoms with Gasteiger partial charge in [-0.25, -0.2) is 13.6 Å². The minimum atomic E-state index is -3.49. The molecular formula is C22H25NO2S. The molecule has 0 radical (unpaired) electrons. The molecule has 0 saturated heterocycles. The van der Waals surface area contributed by atoms with Gasteiger partial charge in [0, 0.05) is 0 Å². The van der Waals surface area contributed by atoms with E-state index in [0.717, 1.165) is 18.4 Å². The summed E-state index contributed by atoms with van der Waals surface area (Å²) in [4.78, 5) is 0. The Bertz CT molecular complexity index is 922. The average molecular weight is 368 g/mol. The smallest absolute Gasteiger partial charge is 0.213 e. The molecule has 0 aromatic heterocycles. The number of rotatable bonds is 4. The van der Waals surface area contributed by atoms with Gasteiger partial charge in [0.05, 0.1) is 5.75 Å². The van der Waals surface area contributed by atoms with Crippen LogP contribution in [0.25, 0.3) is 11.1 Å². The number of allylic oxidation sites excluding steroid dienone is 2. The summed E-state index contributed by atoms with van der Waals surface area (Å²) in [7, 11) is -3.49. The van der Waals surface area contributed by atoms with Crippen LogP contribution < -0.4 is 5.14 Å². The van der Waals surface area contributed by atoms with E-state index in [0.29, 0.717) is 5.41 Å². The lowest BCUT2D eigenvalue weighted by molar-refractivity contribution is 0.330. The Hall–Kier alpha value is -1.91. The molecule has 0 unspecified atom stereocenters. The fourth-order valence-corrected chi connectivity index (χ4v) is 5.39. The van der Waals surface area contributed by atoms with Crippen LogP contribution in [0.5, 0.6) is 0 Å². The number of nitrogens with two attached hydrogens (primary N) is 1. The minimum absolute atomic E-state index is 0.109. The van der Waals surface area contributed by atoms with Crippen molar-refractivity contribution in [3.05, 3.63) is 71.3 Å². The SMILES string of the molecule is NS(=O)(=O)Cc1ccc(C2=C(c3ccccc3)CC3(CCCC3)C2)cc1. The molecule has 136 valence electrons. The first-order valence-electron chi connectivity index (χ1n) is 9.31. The second-order valence-corrected chi connectivity index (χ2v) is 9.50. The van der Waals surface area contributed by atoms with Crippen LogP contribution in [0, 0.1) is 5.41 Å². The van der Waals surface area contributed by atoms with Crippen LogP contribution in [0.15, 0.2) is 54.6 Å². The number of benzene rings is 2. The van der Waals surface area contributed by atoms with Gasteiger partial charge in [0.15, 0.2) is 0 Å². The van der Waals surface area contributed by atoms with Gasteiger partial charge < -0.3 is 0 Å². The van der Waals surface area contributed by atoms with Crippen molar-refractivity contribution in [1.29, 1.82) is 0 Å². The van der Waals surface area contributed by atoms with Gasteiger partial charge in [-0.1, -0.05) is 67.4 Å². The maximum Gasteiger partial charge on any atom is 0.213 e. The first-order valence-corrected chi connectivity index (χ1v) is 11.0. The number of sulfonamides is 1. The predicted octanol–water partition coefficient (Wildman–Crippen LogP) is 4.74. The Morgan fingerprint density at radius 2 is 1.35 bits per heavy atom. The van der Waals surface area contributed by atoms with E-state index in [9.17, 15) is 8.42 Å². The summed E-state index contributed by atoms with van der Waals surface area (Å²) in [5.74, 6) is -0.109. The van der Waals surface area contributed by atoms with Crippen LogP contribution in [0.2, 0.25) is 0 Å². The summed E-state index contributed by atoms with van der Waals surface area (Å²) in [5, 5.41) is 5.17. The fourth-order valence-electron chi connectivity index (χ4n) is 4.73. The van der Waals surface area contributed by atoms with Crippen LogP contribution in [0.4, 0.5) is 0 Å². The minimum Gasteiger partial charge on any atom is -0.228 e. The molecule has 0 amide bonds. The highest BCUT2D eigenvalue weighted by atomic mass is 32.2. The first kappa shape index (κ1) is 17.5. The molecule has 2 N–H and O–H groups in total. The molecule has 2 aromatic rings. The third-order valence-electron chi connectivity index (χ3n) is 5.92. The zero-order valence-electron chi connectivity index (χ0n) is 14.9. The van der Waals surface area contributed by atoms with Crippen molar-refractivity contribution in [2.24, 2.45) is 10.6 Å². The van der Waals surface area contributed by atoms with Gasteiger partial charge in [-0.05, 0) is 58.9 Å². The van der Waals surface area contributed by atoms with Gasteiger partial charge in [0.25, 0.3) is 0 Å². The molecule has 0 atom stereocenters. The normalized spacial score (nSPS) is 19.4. The Kier molecular flexibility index (Phi) is 4.49. The molecule has 2 aromatic carbocycles. The zero-order chi connectivity index (χ0) is 18.2. The van der Waals surface area contributed by atoms with E-state index in [1.54, 1.807) is 0 Å². The molecule has 0 heterocycles. The van der Waals surface area contributed by atoms with E-state index in [2.05, 4.69) is 42.5 Å². The van der Waals surface area contributed by atoms with Crippen molar-refractivity contribution in [3.8, 4) is 0 Å². The van der Waals surface area contributed by atoms with E-state index >= 15 is 0 Å². The molecule has 1 saturated carbocycles. The number of primary sulfonamides is 1. The monoisotopic (exact) mass is 367 g/mol. The maximum absolute atomic E-state index is 11.3. The molecule has 2 aliphatic rings. The standard InChI is InChI=1S/C22H25NO2S/c23-26(24,25)16-17-8-10-19(11-9-17)21-15-22(12-4-5-13-22)14-20(21)18-6-2-1-3-7-18/h1-3,6-11H,4-5,12-16H2,(H2,23,24,25). The lowest BCUT2D eigenvalue weighted by Crippen LogP contribution is -2.14. The highest BCUT2D eigenvalue weighted by Gasteiger charge is 2.41. The van der Waals surface area contributed by atoms with Crippen molar-refractivity contribution in [1.82, 2.24) is 0 Å². The van der Waals surface area contributed by atoms with Gasteiger partial charge in [0.2, 0.25) is 10.0 Å². The number of hydrogen-bond donors (Lipinski definition) is 1. The zero-order valence-corrected chi connectivity index (χ0v) is 15.8. The summed E-state index contributed by atoms with van der Waals surface area (Å²) < 4.78 is 22.6. The molecule has 1 fully saturated rings. The van der Waals surface area contributed by atoms with Gasteiger partial charge >= 0.3 is 0 Å². The molecule has 1 spiro atoms. The molecule has 3 nitrogen and oxygen atoms in total. The Morgan fingerprint density at radius 1 is 0.808 bits per heavy atom. The second kappa shape index (κ2) is 6.67. The van der Waals surface area contributed by atoms with Crippen LogP contribution >= 0.6 is 0 Å². The highest BCUT2D eigenvalue weighted by Crippen LogP contribution is 2.57. The van der Waals surface area contributed by atoms with Gasteiger partial charge in [-0.15, -0.1) is 0 Å². The largest absolute Gasteiger partial charge is 0.228 e. The van der Waals surface area contributed by atoms with E-state index in [1.165, 1.54) is 48.0 Å². The Morgan fingerprint density at radius 3 is 1.88 bits per heavy atom. The fraction of sp³-hybridized carbons (Fsp3) is 0.364. The van der Waals surface area contributed by atoms with E-state index in [4.69, 9.17) is 5.14 Å². The van der Waals surface area contributed by atoms with Crippen molar-refractivity contribution in [3.63, 3.8) is 0 Å². The predicted molar refractivity (Wildman–Crippen MR) is 107 cm³/mol. The third-order valence-corrected chi connectivity index (χ3v) is 6.66. The quantitative estimate of drug-likeness (QED) is 0.848. The lowest BCUT2D eigenvalue weighted by atomic mass is 9.81. The Labute approximate surface area is 156 Å². The van der Waals surface area contributed by atoms with Crippen LogP contribution in [-0.2, 0) is 15.8 Å². The van der Waals surface area contributed by atoms with Gasteiger partial charge in [-0.2, -0.15) is 0 Å². The van der Waals surface area contributed by atoms with Crippen LogP contribution in [0.1, 0.15) is 55.2 Å². The van der Waals surface area contributed by atoms with Gasteiger partial charge in [-0.3, -0.25) is 0 Å². The van der Waals surface area contributed by atoms with Crippen LogP contribution in [-0.4, -0.2) is 8.42 Å². The maximum atomic E-state index is 11.3. The van der Waals surface area contributed by atoms with Crippen molar-refractivity contribution in [2.45, 2.75) is 44.3 Å². The molecule has 4 rings (SSSR count).